The van der Waals surface area contributed by atoms with Crippen LogP contribution in [0.15, 0.2) is 0 Å². The van der Waals surface area contributed by atoms with E-state index >= 15 is 0 Å². The van der Waals surface area contributed by atoms with Crippen molar-refractivity contribution in [1.82, 2.24) is 10.6 Å². The molecule has 2 heteroatoms. The first-order valence-corrected chi connectivity index (χ1v) is 3.25. The van der Waals surface area contributed by atoms with E-state index in [1.54, 1.807) is 0 Å². The number of hydrogen-bond acceptors (Lipinski definition) is 1. The maximum absolute atomic E-state index is 4.21. The molecule has 1 spiro atoms. The molecule has 0 amide bonds. The summed E-state index contributed by atoms with van der Waals surface area (Å²) >= 11 is 0. The number of rotatable bonds is 0. The van der Waals surface area contributed by atoms with Crippen LogP contribution in [0.1, 0.15) is 6.42 Å². The maximum Gasteiger partial charge on any atom is 0.0215 e. The maximum atomic E-state index is 4.21. The Kier molecular flexibility index (Phi) is 0.866. The lowest BCUT2D eigenvalue weighted by Crippen LogP contribution is -2.49. The van der Waals surface area contributed by atoms with Gasteiger partial charge in [-0.25, -0.2) is 5.32 Å². The summed E-state index contributed by atoms with van der Waals surface area (Å²) in [6.45, 7) is 4.69. The number of nitrogens with zero attached hydrogens (tertiary/aromatic N) is 1. The Morgan fingerprint density at radius 1 is 1.38 bits per heavy atom. The Hall–Kier alpha value is -0.0800. The standard InChI is InChI=1S/C6H11N2/c1-2-7-3-6(1)4-8-5-6/h7H,1-5H2. The third-order valence-corrected chi connectivity index (χ3v) is 2.23. The molecule has 0 unspecified atom stereocenters. The second-order valence-electron chi connectivity index (χ2n) is 2.97. The van der Waals surface area contributed by atoms with Crippen molar-refractivity contribution in [2.75, 3.05) is 26.2 Å². The second kappa shape index (κ2) is 1.45. The van der Waals surface area contributed by atoms with E-state index < -0.39 is 0 Å². The summed E-state index contributed by atoms with van der Waals surface area (Å²) in [5.41, 5.74) is 0.639. The molecule has 0 aromatic carbocycles. The average Bonchev–Trinajstić information content (AvgIpc) is 2.07. The highest BCUT2D eigenvalue weighted by Gasteiger charge is 2.40. The summed E-state index contributed by atoms with van der Waals surface area (Å²) in [6, 6.07) is 0. The van der Waals surface area contributed by atoms with Gasteiger partial charge in [0.15, 0.2) is 0 Å². The van der Waals surface area contributed by atoms with E-state index in [1.807, 2.05) is 0 Å². The van der Waals surface area contributed by atoms with Crippen LogP contribution in [0.5, 0.6) is 0 Å². The molecule has 2 aliphatic heterocycles. The average molecular weight is 111 g/mol. The van der Waals surface area contributed by atoms with Crippen molar-refractivity contribution in [1.29, 1.82) is 0 Å². The molecule has 2 rings (SSSR count). The fourth-order valence-corrected chi connectivity index (χ4v) is 1.49. The first kappa shape index (κ1) is 4.77. The number of hydrogen-bond donors (Lipinski definition) is 1. The normalized spacial score (nSPS) is 33.0. The molecule has 45 valence electrons. The van der Waals surface area contributed by atoms with Gasteiger partial charge in [-0.15, -0.1) is 0 Å². The topological polar surface area (TPSA) is 26.1 Å². The summed E-state index contributed by atoms with van der Waals surface area (Å²) in [7, 11) is 0. The van der Waals surface area contributed by atoms with E-state index in [0.29, 0.717) is 5.41 Å². The molecule has 0 aromatic rings. The molecule has 0 bridgehead atoms. The minimum absolute atomic E-state index is 0.639. The molecular formula is C6H11N2. The van der Waals surface area contributed by atoms with E-state index in [1.165, 1.54) is 19.5 Å². The molecular weight excluding hydrogens is 100 g/mol. The van der Waals surface area contributed by atoms with Gasteiger partial charge in [-0.1, -0.05) is 0 Å². The molecule has 0 aliphatic carbocycles. The van der Waals surface area contributed by atoms with Gasteiger partial charge in [-0.2, -0.15) is 0 Å². The van der Waals surface area contributed by atoms with Gasteiger partial charge < -0.3 is 5.32 Å². The third kappa shape index (κ3) is 0.501. The van der Waals surface area contributed by atoms with Gasteiger partial charge in [0.05, 0.1) is 0 Å². The van der Waals surface area contributed by atoms with Crippen molar-refractivity contribution < 1.29 is 0 Å². The quantitative estimate of drug-likeness (QED) is 0.451. The molecule has 2 nitrogen and oxygen atoms in total. The fraction of sp³-hybridized carbons (Fsp3) is 1.00. The van der Waals surface area contributed by atoms with Crippen LogP contribution < -0.4 is 10.6 Å². The molecule has 1 radical (unpaired) electrons. The van der Waals surface area contributed by atoms with Gasteiger partial charge in [0.1, 0.15) is 0 Å². The minimum atomic E-state index is 0.639. The zero-order valence-corrected chi connectivity index (χ0v) is 4.98. The van der Waals surface area contributed by atoms with Gasteiger partial charge in [-0.3, -0.25) is 0 Å². The summed E-state index contributed by atoms with van der Waals surface area (Å²) in [5.74, 6) is 0. The highest BCUT2D eigenvalue weighted by molar-refractivity contribution is 4.97. The Labute approximate surface area is 49.7 Å². The van der Waals surface area contributed by atoms with E-state index in [9.17, 15) is 0 Å². The lowest BCUT2D eigenvalue weighted by atomic mass is 9.81. The molecule has 0 saturated carbocycles. The van der Waals surface area contributed by atoms with E-state index in [-0.39, 0.29) is 0 Å². The van der Waals surface area contributed by atoms with Crippen molar-refractivity contribution >= 4 is 0 Å². The van der Waals surface area contributed by atoms with Crippen LogP contribution in [-0.4, -0.2) is 26.2 Å². The molecule has 0 atom stereocenters. The van der Waals surface area contributed by atoms with Crippen LogP contribution in [0.4, 0.5) is 0 Å². The fourth-order valence-electron chi connectivity index (χ4n) is 1.49. The lowest BCUT2D eigenvalue weighted by Gasteiger charge is -2.36. The molecule has 2 fully saturated rings. The van der Waals surface area contributed by atoms with Gasteiger partial charge in [0, 0.05) is 25.0 Å². The third-order valence-electron chi connectivity index (χ3n) is 2.23. The van der Waals surface area contributed by atoms with Crippen LogP contribution in [0.25, 0.3) is 0 Å². The van der Waals surface area contributed by atoms with Crippen LogP contribution >= 0.6 is 0 Å². The Morgan fingerprint density at radius 3 is 2.50 bits per heavy atom. The largest absolute Gasteiger partial charge is 0.316 e. The summed E-state index contributed by atoms with van der Waals surface area (Å²) in [6.07, 6.45) is 1.36. The van der Waals surface area contributed by atoms with Crippen LogP contribution in [0.3, 0.4) is 0 Å². The molecule has 1 N–H and O–H groups in total. The highest BCUT2D eigenvalue weighted by atomic mass is 15.1. The summed E-state index contributed by atoms with van der Waals surface area (Å²) < 4.78 is 0. The Morgan fingerprint density at radius 2 is 2.25 bits per heavy atom. The Balaban J connectivity index is 2.01. The van der Waals surface area contributed by atoms with Crippen LogP contribution in [0, 0.1) is 5.41 Å². The summed E-state index contributed by atoms with van der Waals surface area (Å²) in [4.78, 5) is 0. The van der Waals surface area contributed by atoms with E-state index in [4.69, 9.17) is 0 Å². The van der Waals surface area contributed by atoms with Crippen molar-refractivity contribution in [2.45, 2.75) is 6.42 Å². The molecule has 0 aromatic heterocycles. The molecule has 2 saturated heterocycles. The molecule has 2 aliphatic rings. The first-order chi connectivity index (χ1) is 3.91. The van der Waals surface area contributed by atoms with Crippen molar-refractivity contribution in [3.8, 4) is 0 Å². The first-order valence-electron chi connectivity index (χ1n) is 3.25. The van der Waals surface area contributed by atoms with Crippen LogP contribution in [0.2, 0.25) is 0 Å². The monoisotopic (exact) mass is 111 g/mol. The Bertz CT molecular complexity index is 88.7. The van der Waals surface area contributed by atoms with Crippen molar-refractivity contribution in [3.05, 3.63) is 0 Å². The van der Waals surface area contributed by atoms with E-state index in [2.05, 4.69) is 10.6 Å². The van der Waals surface area contributed by atoms with Gasteiger partial charge in [-0.05, 0) is 13.0 Å². The highest BCUT2D eigenvalue weighted by Crippen LogP contribution is 2.29. The predicted octanol–water partition coefficient (Wildman–Crippen LogP) is -0.416. The van der Waals surface area contributed by atoms with Gasteiger partial charge in [0.25, 0.3) is 0 Å². The molecule has 2 heterocycles. The minimum Gasteiger partial charge on any atom is -0.316 e. The SMILES string of the molecule is C1CC2(C[N]C2)CN1. The molecule has 8 heavy (non-hydrogen) atoms. The smallest absolute Gasteiger partial charge is 0.0215 e. The number of nitrogens with one attached hydrogen (secondary N) is 1. The zero-order chi connectivity index (χ0) is 5.45. The summed E-state index contributed by atoms with van der Waals surface area (Å²) in [5, 5.41) is 7.57. The van der Waals surface area contributed by atoms with Crippen molar-refractivity contribution in [2.24, 2.45) is 5.41 Å². The zero-order valence-electron chi connectivity index (χ0n) is 4.98. The van der Waals surface area contributed by atoms with E-state index in [0.717, 1.165) is 13.1 Å². The van der Waals surface area contributed by atoms with Gasteiger partial charge in [0.2, 0.25) is 0 Å². The van der Waals surface area contributed by atoms with Gasteiger partial charge >= 0.3 is 0 Å². The lowest BCUT2D eigenvalue weighted by molar-refractivity contribution is 0.191. The predicted molar refractivity (Wildman–Crippen MR) is 31.8 cm³/mol. The van der Waals surface area contributed by atoms with Crippen molar-refractivity contribution in [3.63, 3.8) is 0 Å². The van der Waals surface area contributed by atoms with Crippen LogP contribution in [-0.2, 0) is 0 Å². The second-order valence-corrected chi connectivity index (χ2v) is 2.97.